The summed E-state index contributed by atoms with van der Waals surface area (Å²) in [6.07, 6.45) is 4.67. The molecule has 0 unspecified atom stereocenters. The molecule has 0 aromatic heterocycles. The van der Waals surface area contributed by atoms with Crippen molar-refractivity contribution in [2.45, 2.75) is 37.7 Å². The van der Waals surface area contributed by atoms with E-state index in [9.17, 15) is 4.79 Å². The Labute approximate surface area is 78.0 Å². The number of nitrogens with two attached hydrogens (primary N) is 1. The zero-order chi connectivity index (χ0) is 9.31. The Bertz CT molecular complexity index is 214. The predicted octanol–water partition coefficient (Wildman–Crippen LogP) is 0.422. The molecule has 1 amide bonds. The molecule has 0 aromatic carbocycles. The minimum Gasteiger partial charge on any atom is -0.330 e. The highest BCUT2D eigenvalue weighted by Crippen LogP contribution is 2.43. The Morgan fingerprint density at radius 3 is 2.77 bits per heavy atom. The average molecular weight is 184 g/mol. The number of amides is 1. The third-order valence-corrected chi connectivity index (χ3v) is 2.89. The van der Waals surface area contributed by atoms with E-state index >= 15 is 0 Å². The second-order valence-electron chi connectivity index (χ2n) is 3.94. The molecule has 1 saturated heterocycles. The van der Waals surface area contributed by atoms with Gasteiger partial charge in [0.15, 0.2) is 0 Å². The van der Waals surface area contributed by atoms with E-state index in [1.807, 2.05) is 0 Å². The van der Waals surface area contributed by atoms with Gasteiger partial charge in [-0.15, -0.1) is 0 Å². The van der Waals surface area contributed by atoms with Gasteiger partial charge in [0.05, 0.1) is 6.42 Å². The molecule has 74 valence electrons. The number of nitrogens with zero attached hydrogens (tertiary/aromatic N) is 1. The van der Waals surface area contributed by atoms with Gasteiger partial charge in [0, 0.05) is 6.54 Å². The molecule has 13 heavy (non-hydrogen) atoms. The van der Waals surface area contributed by atoms with E-state index in [2.05, 4.69) is 0 Å². The van der Waals surface area contributed by atoms with Crippen LogP contribution in [0.5, 0.6) is 0 Å². The van der Waals surface area contributed by atoms with Crippen LogP contribution in [0, 0.1) is 0 Å². The second kappa shape index (κ2) is 3.27. The quantitative estimate of drug-likeness (QED) is 0.691. The standard InChI is InChI=1S/C9H16N2O2/c10-5-2-6-11-8(12)7-9(13-11)3-1-4-9/h1-7,10H2. The summed E-state index contributed by atoms with van der Waals surface area (Å²) in [6, 6.07) is 0. The SMILES string of the molecule is NCCCN1OC2(CCC2)CC1=O. The molecule has 0 aromatic rings. The van der Waals surface area contributed by atoms with Gasteiger partial charge < -0.3 is 5.73 Å². The van der Waals surface area contributed by atoms with Gasteiger partial charge in [0.1, 0.15) is 5.60 Å². The van der Waals surface area contributed by atoms with Crippen molar-refractivity contribution >= 4 is 5.91 Å². The van der Waals surface area contributed by atoms with Gasteiger partial charge >= 0.3 is 0 Å². The van der Waals surface area contributed by atoms with Crippen LogP contribution in [-0.4, -0.2) is 29.7 Å². The minimum atomic E-state index is -0.105. The van der Waals surface area contributed by atoms with Crippen molar-refractivity contribution in [1.29, 1.82) is 0 Å². The molecular weight excluding hydrogens is 168 g/mol. The van der Waals surface area contributed by atoms with Crippen LogP contribution < -0.4 is 5.73 Å². The van der Waals surface area contributed by atoms with Gasteiger partial charge in [-0.3, -0.25) is 9.63 Å². The molecule has 1 spiro atoms. The number of hydroxylamine groups is 2. The van der Waals surface area contributed by atoms with Crippen LogP contribution in [0.2, 0.25) is 0 Å². The molecule has 1 heterocycles. The minimum absolute atomic E-state index is 0.105. The summed E-state index contributed by atoms with van der Waals surface area (Å²) in [5.74, 6) is 0.133. The zero-order valence-corrected chi connectivity index (χ0v) is 7.79. The maximum atomic E-state index is 11.4. The topological polar surface area (TPSA) is 55.6 Å². The van der Waals surface area contributed by atoms with Crippen molar-refractivity contribution < 1.29 is 9.63 Å². The number of carbonyl (C=O) groups is 1. The Morgan fingerprint density at radius 1 is 1.54 bits per heavy atom. The van der Waals surface area contributed by atoms with Crippen LogP contribution in [0.4, 0.5) is 0 Å². The number of hydrogen-bond donors (Lipinski definition) is 1. The Balaban J connectivity index is 1.88. The van der Waals surface area contributed by atoms with Crippen molar-refractivity contribution in [2.24, 2.45) is 5.73 Å². The summed E-state index contributed by atoms with van der Waals surface area (Å²) in [7, 11) is 0. The maximum Gasteiger partial charge on any atom is 0.249 e. The van der Waals surface area contributed by atoms with Crippen molar-refractivity contribution in [2.75, 3.05) is 13.1 Å². The highest BCUT2D eigenvalue weighted by atomic mass is 16.7. The Hall–Kier alpha value is -0.610. The first-order valence-electron chi connectivity index (χ1n) is 4.95. The van der Waals surface area contributed by atoms with Gasteiger partial charge in [-0.1, -0.05) is 0 Å². The fourth-order valence-electron chi connectivity index (χ4n) is 1.93. The molecule has 1 saturated carbocycles. The van der Waals surface area contributed by atoms with Crippen LogP contribution in [-0.2, 0) is 9.63 Å². The highest BCUT2D eigenvalue weighted by Gasteiger charge is 2.48. The molecule has 2 rings (SSSR count). The Morgan fingerprint density at radius 2 is 2.31 bits per heavy atom. The van der Waals surface area contributed by atoms with E-state index in [-0.39, 0.29) is 11.5 Å². The lowest BCUT2D eigenvalue weighted by atomic mass is 9.78. The summed E-state index contributed by atoms with van der Waals surface area (Å²) in [5, 5.41) is 1.51. The fraction of sp³-hybridized carbons (Fsp3) is 0.889. The van der Waals surface area contributed by atoms with Crippen LogP contribution in [0.1, 0.15) is 32.1 Å². The van der Waals surface area contributed by atoms with Crippen LogP contribution in [0.25, 0.3) is 0 Å². The summed E-state index contributed by atoms with van der Waals surface area (Å²) in [4.78, 5) is 17.1. The van der Waals surface area contributed by atoms with Crippen LogP contribution >= 0.6 is 0 Å². The number of carbonyl (C=O) groups excluding carboxylic acids is 1. The van der Waals surface area contributed by atoms with Gasteiger partial charge in [-0.05, 0) is 32.2 Å². The number of rotatable bonds is 3. The molecule has 0 radical (unpaired) electrons. The second-order valence-corrected chi connectivity index (χ2v) is 3.94. The van der Waals surface area contributed by atoms with E-state index in [4.69, 9.17) is 10.6 Å². The number of hydrogen-bond acceptors (Lipinski definition) is 3. The highest BCUT2D eigenvalue weighted by molar-refractivity contribution is 5.78. The van der Waals surface area contributed by atoms with Gasteiger partial charge in [-0.2, -0.15) is 0 Å². The Kier molecular flexibility index (Phi) is 2.26. The fourth-order valence-corrected chi connectivity index (χ4v) is 1.93. The van der Waals surface area contributed by atoms with Gasteiger partial charge in [0.25, 0.3) is 0 Å². The molecular formula is C9H16N2O2. The van der Waals surface area contributed by atoms with E-state index in [0.29, 0.717) is 19.5 Å². The first-order chi connectivity index (χ1) is 6.26. The summed E-state index contributed by atoms with van der Waals surface area (Å²) < 4.78 is 0. The first-order valence-corrected chi connectivity index (χ1v) is 4.95. The van der Waals surface area contributed by atoms with Crippen LogP contribution in [0.15, 0.2) is 0 Å². The molecule has 2 aliphatic rings. The molecule has 0 bridgehead atoms. The molecule has 4 nitrogen and oxygen atoms in total. The molecule has 2 fully saturated rings. The summed E-state index contributed by atoms with van der Waals surface area (Å²) in [5.41, 5.74) is 5.27. The summed E-state index contributed by atoms with van der Waals surface area (Å²) in [6.45, 7) is 1.26. The lowest BCUT2D eigenvalue weighted by Gasteiger charge is -2.35. The largest absolute Gasteiger partial charge is 0.330 e. The molecule has 2 N–H and O–H groups in total. The van der Waals surface area contributed by atoms with E-state index in [1.165, 1.54) is 11.5 Å². The third-order valence-electron chi connectivity index (χ3n) is 2.89. The van der Waals surface area contributed by atoms with Crippen molar-refractivity contribution in [3.05, 3.63) is 0 Å². The molecule has 1 aliphatic heterocycles. The van der Waals surface area contributed by atoms with E-state index in [0.717, 1.165) is 19.3 Å². The van der Waals surface area contributed by atoms with E-state index in [1.54, 1.807) is 0 Å². The normalized spacial score (nSPS) is 25.3. The lowest BCUT2D eigenvalue weighted by molar-refractivity contribution is -0.219. The smallest absolute Gasteiger partial charge is 0.249 e. The zero-order valence-electron chi connectivity index (χ0n) is 7.79. The predicted molar refractivity (Wildman–Crippen MR) is 47.7 cm³/mol. The lowest BCUT2D eigenvalue weighted by Crippen LogP contribution is -2.38. The average Bonchev–Trinajstić information content (AvgIpc) is 2.39. The van der Waals surface area contributed by atoms with E-state index < -0.39 is 0 Å². The first kappa shape index (κ1) is 8.97. The third kappa shape index (κ3) is 1.56. The van der Waals surface area contributed by atoms with Gasteiger partial charge in [-0.25, -0.2) is 5.06 Å². The monoisotopic (exact) mass is 184 g/mol. The molecule has 1 aliphatic carbocycles. The van der Waals surface area contributed by atoms with Crippen LogP contribution in [0.3, 0.4) is 0 Å². The van der Waals surface area contributed by atoms with Crippen molar-refractivity contribution in [3.63, 3.8) is 0 Å². The molecule has 0 atom stereocenters. The summed E-state index contributed by atoms with van der Waals surface area (Å²) >= 11 is 0. The maximum absolute atomic E-state index is 11.4. The van der Waals surface area contributed by atoms with Crippen molar-refractivity contribution in [3.8, 4) is 0 Å². The molecule has 4 heteroatoms. The van der Waals surface area contributed by atoms with Gasteiger partial charge in [0.2, 0.25) is 5.91 Å². The van der Waals surface area contributed by atoms with Crippen molar-refractivity contribution in [1.82, 2.24) is 5.06 Å².